The average molecular weight is 399 g/mol. The second-order valence-electron chi connectivity index (χ2n) is 4.42. The summed E-state index contributed by atoms with van der Waals surface area (Å²) in [6.45, 7) is 0. The molecule has 0 aliphatic heterocycles. The van der Waals surface area contributed by atoms with E-state index in [-0.39, 0.29) is 15.4 Å². The Morgan fingerprint density at radius 2 is 1.80 bits per heavy atom. The predicted molar refractivity (Wildman–Crippen MR) is 87.2 cm³/mol. The smallest absolute Gasteiger partial charge is 0.258 e. The Kier molecular flexibility index (Phi) is 5.31. The molecule has 20 heavy (non-hydrogen) atoms. The average Bonchev–Trinajstić information content (AvgIpc) is 2.46. The summed E-state index contributed by atoms with van der Waals surface area (Å²) in [5, 5.41) is 10.9. The molecule has 0 radical (unpaired) electrons. The fraction of sp³-hybridized carbons (Fsp3) is 0.200. The van der Waals surface area contributed by atoms with Crippen LogP contribution in [0, 0.1) is 10.1 Å². The van der Waals surface area contributed by atoms with Crippen molar-refractivity contribution in [3.63, 3.8) is 0 Å². The third-order valence-corrected chi connectivity index (χ3v) is 4.99. The molecule has 104 valence electrons. The van der Waals surface area contributed by atoms with Crippen molar-refractivity contribution in [1.29, 1.82) is 0 Å². The molecule has 0 saturated heterocycles. The minimum atomic E-state index is -0.365. The summed E-state index contributed by atoms with van der Waals surface area (Å²) < 4.78 is 0.581. The van der Waals surface area contributed by atoms with E-state index in [1.165, 1.54) is 11.6 Å². The number of nitro benzene ring substituents is 1. The molecule has 0 fully saturated rings. The lowest BCUT2D eigenvalue weighted by molar-refractivity contribution is -0.385. The summed E-state index contributed by atoms with van der Waals surface area (Å²) in [6, 6.07) is 15.3. The lowest BCUT2D eigenvalue weighted by Gasteiger charge is -2.11. The number of benzene rings is 2. The first-order valence-corrected chi connectivity index (χ1v) is 7.91. The third kappa shape index (κ3) is 3.67. The van der Waals surface area contributed by atoms with Gasteiger partial charge in [-0.1, -0.05) is 58.4 Å². The van der Waals surface area contributed by atoms with Crippen molar-refractivity contribution in [1.82, 2.24) is 0 Å². The fourth-order valence-corrected chi connectivity index (χ4v) is 3.15. The van der Waals surface area contributed by atoms with Gasteiger partial charge in [0.1, 0.15) is 0 Å². The van der Waals surface area contributed by atoms with E-state index in [2.05, 4.69) is 44.0 Å². The first-order chi connectivity index (χ1) is 9.59. The van der Waals surface area contributed by atoms with E-state index < -0.39 is 0 Å². The van der Waals surface area contributed by atoms with E-state index in [1.807, 2.05) is 24.3 Å². The topological polar surface area (TPSA) is 43.1 Å². The van der Waals surface area contributed by atoms with Crippen LogP contribution in [0.15, 0.2) is 53.0 Å². The number of aryl methyl sites for hydroxylation is 1. The van der Waals surface area contributed by atoms with Gasteiger partial charge < -0.3 is 0 Å². The molecule has 0 aliphatic rings. The Labute approximate surface area is 134 Å². The van der Waals surface area contributed by atoms with Crippen LogP contribution in [0.2, 0.25) is 0 Å². The Morgan fingerprint density at radius 1 is 1.10 bits per heavy atom. The molecule has 1 unspecified atom stereocenters. The molecule has 0 amide bonds. The van der Waals surface area contributed by atoms with Crippen molar-refractivity contribution in [2.75, 3.05) is 0 Å². The molecule has 5 heteroatoms. The van der Waals surface area contributed by atoms with Crippen molar-refractivity contribution in [2.24, 2.45) is 0 Å². The Balaban J connectivity index is 2.08. The second-order valence-corrected chi connectivity index (χ2v) is 6.32. The van der Waals surface area contributed by atoms with Gasteiger partial charge in [-0.15, -0.1) is 0 Å². The number of halogens is 2. The van der Waals surface area contributed by atoms with Crippen LogP contribution in [-0.4, -0.2) is 4.92 Å². The van der Waals surface area contributed by atoms with Gasteiger partial charge in [-0.3, -0.25) is 10.1 Å². The van der Waals surface area contributed by atoms with Crippen molar-refractivity contribution < 1.29 is 4.92 Å². The second kappa shape index (κ2) is 6.99. The third-order valence-electron chi connectivity index (χ3n) is 3.08. The monoisotopic (exact) mass is 397 g/mol. The maximum Gasteiger partial charge on any atom is 0.283 e. The van der Waals surface area contributed by atoms with Crippen LogP contribution in [0.3, 0.4) is 0 Å². The molecule has 1 atom stereocenters. The Hall–Kier alpha value is -1.20. The van der Waals surface area contributed by atoms with Gasteiger partial charge in [0.15, 0.2) is 0 Å². The summed E-state index contributed by atoms with van der Waals surface area (Å²) in [7, 11) is 0. The molecule has 0 N–H and O–H groups in total. The zero-order valence-corrected chi connectivity index (χ0v) is 13.8. The summed E-state index contributed by atoms with van der Waals surface area (Å²) in [6.07, 6.45) is 1.65. The molecule has 0 saturated carbocycles. The largest absolute Gasteiger partial charge is 0.283 e. The van der Waals surface area contributed by atoms with Crippen LogP contribution in [0.25, 0.3) is 0 Å². The molecule has 0 bridgehead atoms. The molecule has 0 heterocycles. The summed E-state index contributed by atoms with van der Waals surface area (Å²) in [4.78, 5) is 10.8. The molecule has 0 aromatic heterocycles. The van der Waals surface area contributed by atoms with Crippen LogP contribution in [0.1, 0.15) is 22.4 Å². The number of nitrogens with zero attached hydrogens (tertiary/aromatic N) is 1. The van der Waals surface area contributed by atoms with Gasteiger partial charge in [-0.25, -0.2) is 0 Å². The highest BCUT2D eigenvalue weighted by atomic mass is 79.9. The van der Waals surface area contributed by atoms with E-state index in [1.54, 1.807) is 6.07 Å². The highest BCUT2D eigenvalue weighted by molar-refractivity contribution is 9.10. The molecule has 0 aliphatic carbocycles. The van der Waals surface area contributed by atoms with E-state index in [0.717, 1.165) is 18.4 Å². The first-order valence-electron chi connectivity index (χ1n) is 6.20. The summed E-state index contributed by atoms with van der Waals surface area (Å²) in [5.41, 5.74) is 2.29. The van der Waals surface area contributed by atoms with Crippen LogP contribution in [0.5, 0.6) is 0 Å². The number of hydrogen-bond acceptors (Lipinski definition) is 2. The van der Waals surface area contributed by atoms with Crippen LogP contribution in [-0.2, 0) is 6.42 Å². The molecule has 2 aromatic rings. The normalized spacial score (nSPS) is 12.1. The fourth-order valence-electron chi connectivity index (χ4n) is 2.01. The first kappa shape index (κ1) is 15.2. The van der Waals surface area contributed by atoms with Crippen molar-refractivity contribution in [3.05, 3.63) is 74.2 Å². The molecule has 2 rings (SSSR count). The maximum absolute atomic E-state index is 10.9. The minimum absolute atomic E-state index is 0.119. The molecular weight excluding hydrogens is 386 g/mol. The van der Waals surface area contributed by atoms with Crippen LogP contribution >= 0.6 is 31.9 Å². The van der Waals surface area contributed by atoms with Crippen LogP contribution in [0.4, 0.5) is 5.69 Å². The van der Waals surface area contributed by atoms with Gasteiger partial charge in [0.2, 0.25) is 0 Å². The van der Waals surface area contributed by atoms with Gasteiger partial charge in [0, 0.05) is 10.9 Å². The van der Waals surface area contributed by atoms with Gasteiger partial charge in [0.25, 0.3) is 5.69 Å². The number of alkyl halides is 1. The lowest BCUT2D eigenvalue weighted by atomic mass is 10.0. The Bertz CT molecular complexity index is 602. The van der Waals surface area contributed by atoms with E-state index in [4.69, 9.17) is 0 Å². The number of rotatable bonds is 5. The highest BCUT2D eigenvalue weighted by Gasteiger charge is 2.15. The van der Waals surface area contributed by atoms with Gasteiger partial charge in [0.05, 0.1) is 9.40 Å². The van der Waals surface area contributed by atoms with E-state index >= 15 is 0 Å². The van der Waals surface area contributed by atoms with Gasteiger partial charge >= 0.3 is 0 Å². The number of hydrogen-bond donors (Lipinski definition) is 0. The lowest BCUT2D eigenvalue weighted by Crippen LogP contribution is -1.97. The van der Waals surface area contributed by atoms with Crippen molar-refractivity contribution in [3.8, 4) is 0 Å². The SMILES string of the molecule is O=[N+]([O-])c1cccc(CCC(Br)c2ccccc2)c1Br. The standard InChI is InChI=1S/C15H13Br2NO2/c16-13(11-5-2-1-3-6-11)10-9-12-7-4-8-14(15(12)17)18(19)20/h1-8,13H,9-10H2. The van der Waals surface area contributed by atoms with Gasteiger partial charge in [-0.05, 0) is 39.9 Å². The zero-order valence-electron chi connectivity index (χ0n) is 10.6. The molecule has 0 spiro atoms. The van der Waals surface area contributed by atoms with E-state index in [0.29, 0.717) is 4.47 Å². The van der Waals surface area contributed by atoms with Crippen LogP contribution < -0.4 is 0 Å². The quantitative estimate of drug-likeness (QED) is 0.383. The molecular formula is C15H13Br2NO2. The predicted octanol–water partition coefficient (Wildman–Crippen LogP) is 5.43. The summed E-state index contributed by atoms with van der Waals surface area (Å²) >= 11 is 7.00. The maximum atomic E-state index is 10.9. The zero-order chi connectivity index (χ0) is 14.5. The Morgan fingerprint density at radius 3 is 2.45 bits per heavy atom. The summed E-state index contributed by atoms with van der Waals surface area (Å²) in [5.74, 6) is 0. The van der Waals surface area contributed by atoms with Crippen molar-refractivity contribution >= 4 is 37.5 Å². The highest BCUT2D eigenvalue weighted by Crippen LogP contribution is 2.32. The van der Waals surface area contributed by atoms with E-state index in [9.17, 15) is 10.1 Å². The van der Waals surface area contributed by atoms with Crippen molar-refractivity contribution in [2.45, 2.75) is 17.7 Å². The molecule has 2 aromatic carbocycles. The number of nitro groups is 1. The minimum Gasteiger partial charge on any atom is -0.258 e. The van der Waals surface area contributed by atoms with Gasteiger partial charge in [-0.2, -0.15) is 0 Å². The molecule has 3 nitrogen and oxygen atoms in total.